The van der Waals surface area contributed by atoms with Gasteiger partial charge in [0, 0.05) is 17.8 Å². The van der Waals surface area contributed by atoms with E-state index < -0.39 is 9.84 Å². The Morgan fingerprint density at radius 2 is 2.31 bits per heavy atom. The molecular formula is C10H15N3O2S. The summed E-state index contributed by atoms with van der Waals surface area (Å²) in [4.78, 5) is 8.17. The van der Waals surface area contributed by atoms with E-state index in [0.29, 0.717) is 12.2 Å². The Hall–Kier alpha value is -1.17. The fourth-order valence-electron chi connectivity index (χ4n) is 1.79. The Kier molecular flexibility index (Phi) is 3.09. The molecule has 0 saturated carbocycles. The van der Waals surface area contributed by atoms with Crippen LogP contribution in [-0.4, -0.2) is 35.9 Å². The summed E-state index contributed by atoms with van der Waals surface area (Å²) in [5, 5.41) is 3.14. The van der Waals surface area contributed by atoms with E-state index in [1.165, 1.54) is 6.33 Å². The molecule has 0 aromatic carbocycles. The molecule has 1 atom stereocenters. The minimum absolute atomic E-state index is 0.00962. The van der Waals surface area contributed by atoms with Gasteiger partial charge in [-0.1, -0.05) is 6.92 Å². The third-order valence-electron chi connectivity index (χ3n) is 2.67. The molecule has 1 aromatic heterocycles. The highest BCUT2D eigenvalue weighted by atomic mass is 32.2. The van der Waals surface area contributed by atoms with Crippen LogP contribution in [0.25, 0.3) is 0 Å². The molecule has 0 aliphatic carbocycles. The summed E-state index contributed by atoms with van der Waals surface area (Å²) in [5.41, 5.74) is 0.957. The molecule has 1 aliphatic rings. The van der Waals surface area contributed by atoms with Gasteiger partial charge in [-0.05, 0) is 12.8 Å². The zero-order chi connectivity index (χ0) is 11.6. The third-order valence-corrected chi connectivity index (χ3v) is 4.44. The van der Waals surface area contributed by atoms with Crippen molar-refractivity contribution in [3.05, 3.63) is 18.1 Å². The van der Waals surface area contributed by atoms with Crippen molar-refractivity contribution in [2.24, 2.45) is 0 Å². The number of hydrogen-bond donors (Lipinski definition) is 1. The SMILES string of the molecule is CCc1cc(NC2CCS(=O)(=O)C2)ncn1. The number of sulfone groups is 1. The predicted octanol–water partition coefficient (Wildman–Crippen LogP) is 0.638. The van der Waals surface area contributed by atoms with Gasteiger partial charge < -0.3 is 5.32 Å². The lowest BCUT2D eigenvalue weighted by Crippen LogP contribution is -2.21. The molecule has 1 fully saturated rings. The molecule has 1 aromatic rings. The Morgan fingerprint density at radius 3 is 2.94 bits per heavy atom. The van der Waals surface area contributed by atoms with E-state index in [0.717, 1.165) is 12.1 Å². The van der Waals surface area contributed by atoms with Gasteiger partial charge in [0.15, 0.2) is 9.84 Å². The standard InChI is InChI=1S/C10H15N3O2S/c1-2-8-5-10(12-7-11-8)13-9-3-4-16(14,15)6-9/h5,7,9H,2-4,6H2,1H3,(H,11,12,13). The Bertz CT molecular complexity index is 473. The second-order valence-electron chi connectivity index (χ2n) is 3.99. The minimum atomic E-state index is -2.84. The van der Waals surface area contributed by atoms with Crippen molar-refractivity contribution < 1.29 is 8.42 Å². The number of aryl methyl sites for hydroxylation is 1. The number of nitrogens with one attached hydrogen (secondary N) is 1. The highest BCUT2D eigenvalue weighted by molar-refractivity contribution is 7.91. The zero-order valence-corrected chi connectivity index (χ0v) is 10.00. The molecule has 2 heterocycles. The smallest absolute Gasteiger partial charge is 0.152 e. The number of nitrogens with zero attached hydrogens (tertiary/aromatic N) is 2. The lowest BCUT2D eigenvalue weighted by Gasteiger charge is -2.11. The highest BCUT2D eigenvalue weighted by Gasteiger charge is 2.27. The van der Waals surface area contributed by atoms with E-state index >= 15 is 0 Å². The van der Waals surface area contributed by atoms with Crippen LogP contribution in [-0.2, 0) is 16.3 Å². The monoisotopic (exact) mass is 241 g/mol. The summed E-state index contributed by atoms with van der Waals surface area (Å²) in [6, 6.07) is 1.86. The largest absolute Gasteiger partial charge is 0.366 e. The minimum Gasteiger partial charge on any atom is -0.366 e. The number of anilines is 1. The van der Waals surface area contributed by atoms with Crippen LogP contribution in [0.15, 0.2) is 12.4 Å². The van der Waals surface area contributed by atoms with Crippen LogP contribution < -0.4 is 5.32 Å². The molecule has 1 saturated heterocycles. The van der Waals surface area contributed by atoms with Crippen LogP contribution in [0.5, 0.6) is 0 Å². The van der Waals surface area contributed by atoms with Crippen molar-refractivity contribution in [3.63, 3.8) is 0 Å². The van der Waals surface area contributed by atoms with Crippen LogP contribution >= 0.6 is 0 Å². The Balaban J connectivity index is 2.04. The molecule has 0 amide bonds. The topological polar surface area (TPSA) is 72.0 Å². The van der Waals surface area contributed by atoms with Gasteiger partial charge in [-0.3, -0.25) is 0 Å². The van der Waals surface area contributed by atoms with Crippen LogP contribution in [0.4, 0.5) is 5.82 Å². The van der Waals surface area contributed by atoms with E-state index in [2.05, 4.69) is 15.3 Å². The number of hydrogen-bond acceptors (Lipinski definition) is 5. The van der Waals surface area contributed by atoms with Crippen LogP contribution in [0.3, 0.4) is 0 Å². The predicted molar refractivity (Wildman–Crippen MR) is 62.1 cm³/mol. The van der Waals surface area contributed by atoms with Crippen LogP contribution in [0.1, 0.15) is 19.0 Å². The van der Waals surface area contributed by atoms with Crippen molar-refractivity contribution >= 4 is 15.7 Å². The van der Waals surface area contributed by atoms with Gasteiger partial charge >= 0.3 is 0 Å². The highest BCUT2D eigenvalue weighted by Crippen LogP contribution is 2.16. The summed E-state index contributed by atoms with van der Waals surface area (Å²) in [6.45, 7) is 2.02. The summed E-state index contributed by atoms with van der Waals surface area (Å²) in [5.74, 6) is 1.20. The average Bonchev–Trinajstić information content (AvgIpc) is 2.58. The normalized spacial score (nSPS) is 23.2. The molecule has 0 radical (unpaired) electrons. The van der Waals surface area contributed by atoms with E-state index in [1.54, 1.807) is 0 Å². The molecule has 1 aliphatic heterocycles. The maximum Gasteiger partial charge on any atom is 0.152 e. The molecule has 16 heavy (non-hydrogen) atoms. The molecule has 0 bridgehead atoms. The van der Waals surface area contributed by atoms with E-state index in [1.807, 2.05) is 13.0 Å². The van der Waals surface area contributed by atoms with E-state index in [-0.39, 0.29) is 17.5 Å². The molecular weight excluding hydrogens is 226 g/mol. The molecule has 1 N–H and O–H groups in total. The molecule has 0 spiro atoms. The summed E-state index contributed by atoms with van der Waals surface area (Å²) >= 11 is 0. The first kappa shape index (κ1) is 11.3. The fraction of sp³-hybridized carbons (Fsp3) is 0.600. The molecule has 1 unspecified atom stereocenters. The average molecular weight is 241 g/mol. The van der Waals surface area contributed by atoms with Gasteiger partial charge in [-0.25, -0.2) is 18.4 Å². The molecule has 2 rings (SSSR count). The van der Waals surface area contributed by atoms with Crippen molar-refractivity contribution in [3.8, 4) is 0 Å². The maximum absolute atomic E-state index is 11.3. The van der Waals surface area contributed by atoms with Gasteiger partial charge in [0.25, 0.3) is 0 Å². The lowest BCUT2D eigenvalue weighted by atomic mass is 10.2. The van der Waals surface area contributed by atoms with Crippen LogP contribution in [0, 0.1) is 0 Å². The first-order chi connectivity index (χ1) is 7.59. The first-order valence-corrected chi connectivity index (χ1v) is 7.19. The van der Waals surface area contributed by atoms with Crippen molar-refractivity contribution in [1.29, 1.82) is 0 Å². The van der Waals surface area contributed by atoms with Gasteiger partial charge in [0.05, 0.1) is 11.5 Å². The van der Waals surface area contributed by atoms with Gasteiger partial charge in [-0.2, -0.15) is 0 Å². The Labute approximate surface area is 95.2 Å². The van der Waals surface area contributed by atoms with Gasteiger partial charge in [0.2, 0.25) is 0 Å². The lowest BCUT2D eigenvalue weighted by molar-refractivity contribution is 0.602. The zero-order valence-electron chi connectivity index (χ0n) is 9.18. The van der Waals surface area contributed by atoms with Crippen LogP contribution in [0.2, 0.25) is 0 Å². The first-order valence-electron chi connectivity index (χ1n) is 5.37. The maximum atomic E-state index is 11.3. The van der Waals surface area contributed by atoms with E-state index in [9.17, 15) is 8.42 Å². The van der Waals surface area contributed by atoms with Gasteiger partial charge in [0.1, 0.15) is 12.1 Å². The van der Waals surface area contributed by atoms with Crippen molar-refractivity contribution in [2.45, 2.75) is 25.8 Å². The van der Waals surface area contributed by atoms with E-state index in [4.69, 9.17) is 0 Å². The summed E-state index contributed by atoms with van der Waals surface area (Å²) in [7, 11) is -2.84. The quantitative estimate of drug-likeness (QED) is 0.840. The van der Waals surface area contributed by atoms with Gasteiger partial charge in [-0.15, -0.1) is 0 Å². The fourth-order valence-corrected chi connectivity index (χ4v) is 3.46. The van der Waals surface area contributed by atoms with Crippen molar-refractivity contribution in [2.75, 3.05) is 16.8 Å². The number of aromatic nitrogens is 2. The molecule has 5 nitrogen and oxygen atoms in total. The summed E-state index contributed by atoms with van der Waals surface area (Å²) < 4.78 is 22.6. The second kappa shape index (κ2) is 4.37. The third kappa shape index (κ3) is 2.69. The second-order valence-corrected chi connectivity index (χ2v) is 6.22. The molecule has 88 valence electrons. The number of rotatable bonds is 3. The summed E-state index contributed by atoms with van der Waals surface area (Å²) in [6.07, 6.45) is 3.01. The molecule has 6 heteroatoms. The van der Waals surface area contributed by atoms with Crippen molar-refractivity contribution in [1.82, 2.24) is 9.97 Å². The Morgan fingerprint density at radius 1 is 1.50 bits per heavy atom.